The van der Waals surface area contributed by atoms with E-state index in [1.807, 2.05) is 0 Å². The van der Waals surface area contributed by atoms with Crippen LogP contribution in [-0.2, 0) is 23.8 Å². The molecule has 0 saturated heterocycles. The number of thioether (sulfide) groups is 2. The number of rotatable bonds is 12. The molecule has 0 aromatic heterocycles. The zero-order chi connectivity index (χ0) is 19.3. The lowest BCUT2D eigenvalue weighted by Gasteiger charge is -2.08. The van der Waals surface area contributed by atoms with Gasteiger partial charge in [0.25, 0.3) is 0 Å². The van der Waals surface area contributed by atoms with Crippen LogP contribution in [0, 0.1) is 0 Å². The number of hydrogen-bond donors (Lipinski definition) is 0. The van der Waals surface area contributed by atoms with E-state index in [4.69, 9.17) is 4.74 Å². The van der Waals surface area contributed by atoms with Crippen molar-refractivity contribution in [3.63, 3.8) is 0 Å². The maximum absolute atomic E-state index is 11.8. The van der Waals surface area contributed by atoms with Gasteiger partial charge < -0.3 is 14.2 Å². The van der Waals surface area contributed by atoms with E-state index in [2.05, 4.69) is 9.47 Å². The van der Waals surface area contributed by atoms with E-state index in [0.29, 0.717) is 24.7 Å². The number of carbonyl (C=O) groups is 2. The fourth-order valence-electron chi connectivity index (χ4n) is 1.09. The number of hydrogen-bond acceptors (Lipinski definition) is 7. The van der Waals surface area contributed by atoms with Gasteiger partial charge in [0, 0.05) is 23.0 Å². The Morgan fingerprint density at radius 3 is 1.28 bits per heavy atom. The minimum absolute atomic E-state index is 0.199. The van der Waals surface area contributed by atoms with Gasteiger partial charge in [0.1, 0.15) is 13.2 Å². The predicted molar refractivity (Wildman–Crippen MR) is 79.5 cm³/mol. The first-order chi connectivity index (χ1) is 11.5. The molecule has 0 fully saturated rings. The summed E-state index contributed by atoms with van der Waals surface area (Å²) in [6.45, 7) is -0.0615. The van der Waals surface area contributed by atoms with Crippen LogP contribution in [0.3, 0.4) is 0 Å². The normalized spacial score (nSPS) is 12.1. The Balaban J connectivity index is 3.30. The summed E-state index contributed by atoms with van der Waals surface area (Å²) in [4.78, 5) is 20.7. The van der Waals surface area contributed by atoms with Gasteiger partial charge in [0.15, 0.2) is 0 Å². The van der Waals surface area contributed by atoms with Crippen LogP contribution in [0.5, 0.6) is 0 Å². The van der Waals surface area contributed by atoms with Gasteiger partial charge in [0.2, 0.25) is 0 Å². The molecule has 0 N–H and O–H groups in total. The minimum atomic E-state index is -4.99. The number of halogens is 6. The minimum Gasteiger partial charge on any atom is -0.458 e. The average molecular weight is 418 g/mol. The molecule has 0 aromatic rings. The van der Waals surface area contributed by atoms with E-state index >= 15 is 0 Å². The van der Waals surface area contributed by atoms with Crippen molar-refractivity contribution in [2.45, 2.75) is 12.4 Å². The van der Waals surface area contributed by atoms with E-state index < -0.39 is 24.3 Å². The molecule has 0 spiro atoms. The second kappa shape index (κ2) is 12.5. The first-order valence-corrected chi connectivity index (χ1v) is 9.07. The van der Waals surface area contributed by atoms with Gasteiger partial charge in [-0.3, -0.25) is 0 Å². The summed E-state index contributed by atoms with van der Waals surface area (Å²) >= 11 is 2.49. The van der Waals surface area contributed by atoms with Crippen LogP contribution in [0.15, 0.2) is 0 Å². The van der Waals surface area contributed by atoms with Gasteiger partial charge in [-0.1, -0.05) is 0 Å². The molecule has 5 nitrogen and oxygen atoms in total. The second-order valence-electron chi connectivity index (χ2n) is 4.10. The summed E-state index contributed by atoms with van der Waals surface area (Å²) < 4.78 is 83.9. The highest BCUT2D eigenvalue weighted by atomic mass is 32.2. The summed E-state index contributed by atoms with van der Waals surface area (Å²) in [6.07, 6.45) is -9.98. The molecule has 0 amide bonds. The maximum Gasteiger partial charge on any atom is 0.490 e. The number of esters is 2. The third-order valence-corrected chi connectivity index (χ3v) is 3.95. The van der Waals surface area contributed by atoms with E-state index in [0.717, 1.165) is 0 Å². The molecule has 0 unspecified atom stereocenters. The van der Waals surface area contributed by atoms with Gasteiger partial charge in [-0.05, 0) is 0 Å². The van der Waals surface area contributed by atoms with E-state index in [1.54, 1.807) is 0 Å². The number of ether oxygens (including phenoxy) is 3. The van der Waals surface area contributed by atoms with E-state index in [-0.39, 0.29) is 24.7 Å². The average Bonchev–Trinajstić information content (AvgIpc) is 2.49. The van der Waals surface area contributed by atoms with Gasteiger partial charge in [-0.2, -0.15) is 49.9 Å². The lowest BCUT2D eigenvalue weighted by atomic mass is 10.6. The molecule has 0 radical (unpaired) electrons. The lowest BCUT2D eigenvalue weighted by Crippen LogP contribution is -2.26. The summed E-state index contributed by atoms with van der Waals surface area (Å²) in [5.41, 5.74) is 0. The molecule has 0 aliphatic carbocycles. The largest absolute Gasteiger partial charge is 0.490 e. The van der Waals surface area contributed by atoms with E-state index in [9.17, 15) is 35.9 Å². The van der Waals surface area contributed by atoms with Crippen LogP contribution in [0.4, 0.5) is 26.3 Å². The zero-order valence-corrected chi connectivity index (χ0v) is 14.4. The van der Waals surface area contributed by atoms with Crippen LogP contribution in [0.1, 0.15) is 0 Å². The quantitative estimate of drug-likeness (QED) is 0.274. The highest BCUT2D eigenvalue weighted by Gasteiger charge is 2.41. The Morgan fingerprint density at radius 2 is 0.960 bits per heavy atom. The highest BCUT2D eigenvalue weighted by Crippen LogP contribution is 2.17. The Morgan fingerprint density at radius 1 is 0.640 bits per heavy atom. The van der Waals surface area contributed by atoms with Crippen molar-refractivity contribution in [2.24, 2.45) is 0 Å². The van der Waals surface area contributed by atoms with Crippen LogP contribution in [0.2, 0.25) is 0 Å². The molecular weight excluding hydrogens is 402 g/mol. The molecule has 0 aromatic carbocycles. The molecule has 25 heavy (non-hydrogen) atoms. The molecule has 13 heteroatoms. The van der Waals surface area contributed by atoms with Crippen molar-refractivity contribution in [3.05, 3.63) is 0 Å². The fraction of sp³-hybridized carbons (Fsp3) is 0.833. The molecule has 0 bridgehead atoms. The van der Waals surface area contributed by atoms with Crippen LogP contribution in [0.25, 0.3) is 0 Å². The van der Waals surface area contributed by atoms with Crippen molar-refractivity contribution < 1.29 is 50.1 Å². The van der Waals surface area contributed by atoms with Crippen LogP contribution < -0.4 is 0 Å². The molecule has 0 aliphatic heterocycles. The maximum atomic E-state index is 11.8. The Bertz CT molecular complexity index is 366. The van der Waals surface area contributed by atoms with E-state index in [1.165, 1.54) is 23.5 Å². The van der Waals surface area contributed by atoms with Crippen molar-refractivity contribution in [2.75, 3.05) is 49.4 Å². The lowest BCUT2D eigenvalue weighted by molar-refractivity contribution is -0.199. The van der Waals surface area contributed by atoms with Gasteiger partial charge in [-0.15, -0.1) is 0 Å². The standard InChI is InChI=1S/C12H16F6O5S2/c13-11(14,15)9(19)22-3-7-24-5-1-21-2-6-25-8-4-23-10(20)12(16,17)18/h1-8H2. The molecule has 0 atom stereocenters. The Labute approximate surface area is 148 Å². The van der Waals surface area contributed by atoms with Crippen molar-refractivity contribution in [3.8, 4) is 0 Å². The molecule has 0 heterocycles. The smallest absolute Gasteiger partial charge is 0.458 e. The van der Waals surface area contributed by atoms with Crippen molar-refractivity contribution in [1.82, 2.24) is 0 Å². The summed E-state index contributed by atoms with van der Waals surface area (Å²) in [5.74, 6) is -3.08. The molecule has 148 valence electrons. The predicted octanol–water partition coefficient (Wildman–Crippen LogP) is 2.68. The van der Waals surface area contributed by atoms with Crippen molar-refractivity contribution >= 4 is 35.5 Å². The van der Waals surface area contributed by atoms with Crippen molar-refractivity contribution in [1.29, 1.82) is 0 Å². The number of alkyl halides is 6. The first kappa shape index (κ1) is 24.2. The summed E-state index contributed by atoms with van der Waals surface area (Å²) in [7, 11) is 0. The Hall–Kier alpha value is -0.820. The molecular formula is C12H16F6O5S2. The SMILES string of the molecule is O=C(OCCSCCOCCSCCOC(=O)C(F)(F)F)C(F)(F)F. The molecule has 0 saturated carbocycles. The third-order valence-electron chi connectivity index (χ3n) is 2.13. The summed E-state index contributed by atoms with van der Waals surface area (Å²) in [6, 6.07) is 0. The van der Waals surface area contributed by atoms with Gasteiger partial charge in [0.05, 0.1) is 13.2 Å². The highest BCUT2D eigenvalue weighted by molar-refractivity contribution is 7.99. The first-order valence-electron chi connectivity index (χ1n) is 6.76. The fourth-order valence-corrected chi connectivity index (χ4v) is 2.37. The second-order valence-corrected chi connectivity index (χ2v) is 6.55. The third kappa shape index (κ3) is 14.1. The van der Waals surface area contributed by atoms with Gasteiger partial charge in [-0.25, -0.2) is 9.59 Å². The zero-order valence-electron chi connectivity index (χ0n) is 12.8. The number of carbonyl (C=O) groups excluding carboxylic acids is 2. The van der Waals surface area contributed by atoms with Crippen LogP contribution in [-0.4, -0.2) is 73.7 Å². The molecule has 0 rings (SSSR count). The topological polar surface area (TPSA) is 61.8 Å². The monoisotopic (exact) mass is 418 g/mol. The molecule has 0 aliphatic rings. The van der Waals surface area contributed by atoms with Gasteiger partial charge >= 0.3 is 24.3 Å². The Kier molecular flexibility index (Phi) is 12.1. The summed E-state index contributed by atoms with van der Waals surface area (Å²) in [5, 5.41) is 0. The van der Waals surface area contributed by atoms with Crippen LogP contribution >= 0.6 is 23.5 Å².